The molecule has 0 saturated carbocycles. The van der Waals surface area contributed by atoms with Gasteiger partial charge in [-0.25, -0.2) is 0 Å². The zero-order valence-electron chi connectivity index (χ0n) is 16.2. The minimum Gasteiger partial charge on any atom is -0.377 e. The van der Waals surface area contributed by atoms with E-state index in [1.165, 1.54) is 45.6 Å². The Balaban J connectivity index is 3.23. The normalized spacial score (nSPS) is 10.6. The van der Waals surface area contributed by atoms with E-state index in [1.54, 1.807) is 6.92 Å². The molecule has 0 fully saturated rings. The van der Waals surface area contributed by atoms with Gasteiger partial charge >= 0.3 is 0 Å². The summed E-state index contributed by atoms with van der Waals surface area (Å²) in [6.07, 6.45) is 12.8. The number of carbonyl (C=O) groups is 3. The Morgan fingerprint density at radius 3 is 1.84 bits per heavy atom. The maximum absolute atomic E-state index is 11.6. The van der Waals surface area contributed by atoms with Crippen molar-refractivity contribution in [2.24, 2.45) is 0 Å². The third-order valence-corrected chi connectivity index (χ3v) is 4.19. The summed E-state index contributed by atoms with van der Waals surface area (Å²) in [5.41, 5.74) is 0. The van der Waals surface area contributed by atoms with Crippen LogP contribution in [-0.4, -0.2) is 37.7 Å². The fourth-order valence-corrected chi connectivity index (χ4v) is 2.73. The number of hydrogen-bond donors (Lipinski definition) is 1. The summed E-state index contributed by atoms with van der Waals surface area (Å²) in [7, 11) is 1.50. The number of carbonyl (C=O) groups excluding carboxylic acids is 3. The maximum atomic E-state index is 11.6. The maximum Gasteiger partial charge on any atom is 0.220 e. The second-order valence-corrected chi connectivity index (χ2v) is 6.81. The lowest BCUT2D eigenvalue weighted by atomic mass is 10.1. The molecule has 0 aromatic heterocycles. The molecule has 1 amide bonds. The summed E-state index contributed by atoms with van der Waals surface area (Å²) in [5.74, 6) is 0.386. The molecule has 0 atom stereocenters. The molecule has 0 unspecified atom stereocenters. The molecule has 0 heterocycles. The first-order valence-corrected chi connectivity index (χ1v) is 9.83. The number of nitrogens with one attached hydrogen (secondary N) is 1. The summed E-state index contributed by atoms with van der Waals surface area (Å²) in [5, 5.41) is 2.91. The average Bonchev–Trinajstić information content (AvgIpc) is 2.55. The standard InChI is InChI=1S/C20H37NO4/c1-18(22)13-10-8-6-4-3-5-7-9-11-16-21-20(24)15-12-14-19(23)17-25-2/h3-17H2,1-2H3,(H,21,24). The fourth-order valence-electron chi connectivity index (χ4n) is 2.73. The molecule has 1 N–H and O–H groups in total. The molecule has 0 aliphatic heterocycles. The van der Waals surface area contributed by atoms with Gasteiger partial charge in [-0.05, 0) is 26.2 Å². The number of unbranched alkanes of at least 4 members (excludes halogenated alkanes) is 8. The van der Waals surface area contributed by atoms with Crippen LogP contribution >= 0.6 is 0 Å². The molecule has 5 nitrogen and oxygen atoms in total. The van der Waals surface area contributed by atoms with Gasteiger partial charge in [0.25, 0.3) is 0 Å². The van der Waals surface area contributed by atoms with E-state index in [4.69, 9.17) is 4.74 Å². The van der Waals surface area contributed by atoms with Crippen molar-refractivity contribution in [3.05, 3.63) is 0 Å². The van der Waals surface area contributed by atoms with Crippen LogP contribution in [0.25, 0.3) is 0 Å². The van der Waals surface area contributed by atoms with E-state index in [2.05, 4.69) is 5.32 Å². The minimum atomic E-state index is 0.0378. The van der Waals surface area contributed by atoms with E-state index in [-0.39, 0.29) is 18.3 Å². The molecule has 0 radical (unpaired) electrons. The van der Waals surface area contributed by atoms with Crippen LogP contribution < -0.4 is 5.32 Å². The molecule has 0 aromatic rings. The predicted octanol–water partition coefficient (Wildman–Crippen LogP) is 3.98. The summed E-state index contributed by atoms with van der Waals surface area (Å²) in [6, 6.07) is 0. The van der Waals surface area contributed by atoms with Gasteiger partial charge in [0.05, 0.1) is 0 Å². The summed E-state index contributed by atoms with van der Waals surface area (Å²) in [4.78, 5) is 33.7. The number of Topliss-reactive ketones (excluding diaryl/α,β-unsaturated/α-hetero) is 2. The number of ether oxygens (including phenoxy) is 1. The molecule has 146 valence electrons. The summed E-state index contributed by atoms with van der Waals surface area (Å²) < 4.78 is 4.75. The van der Waals surface area contributed by atoms with E-state index >= 15 is 0 Å². The topological polar surface area (TPSA) is 72.5 Å². The van der Waals surface area contributed by atoms with Gasteiger partial charge in [-0.3, -0.25) is 9.59 Å². The van der Waals surface area contributed by atoms with Crippen molar-refractivity contribution in [2.75, 3.05) is 20.3 Å². The Kier molecular flexibility index (Phi) is 16.7. The van der Waals surface area contributed by atoms with Crippen molar-refractivity contribution < 1.29 is 19.1 Å². The smallest absolute Gasteiger partial charge is 0.220 e. The lowest BCUT2D eigenvalue weighted by molar-refractivity contribution is -0.123. The van der Waals surface area contributed by atoms with Gasteiger partial charge < -0.3 is 14.8 Å². The van der Waals surface area contributed by atoms with Gasteiger partial charge in [0.1, 0.15) is 12.4 Å². The van der Waals surface area contributed by atoms with Crippen LogP contribution in [0.4, 0.5) is 0 Å². The third-order valence-electron chi connectivity index (χ3n) is 4.19. The van der Waals surface area contributed by atoms with Crippen LogP contribution in [0, 0.1) is 0 Å². The Morgan fingerprint density at radius 1 is 0.720 bits per heavy atom. The van der Waals surface area contributed by atoms with E-state index in [9.17, 15) is 14.4 Å². The second kappa shape index (κ2) is 17.6. The Hall–Kier alpha value is -1.23. The van der Waals surface area contributed by atoms with Crippen LogP contribution in [0.15, 0.2) is 0 Å². The van der Waals surface area contributed by atoms with Crippen molar-refractivity contribution in [1.82, 2.24) is 5.32 Å². The SMILES string of the molecule is COCC(=O)CCCC(=O)NCCCCCCCCCCCC(C)=O. The Labute approximate surface area is 153 Å². The second-order valence-electron chi connectivity index (χ2n) is 6.81. The molecule has 0 aromatic carbocycles. The van der Waals surface area contributed by atoms with Crippen LogP contribution in [-0.2, 0) is 19.1 Å². The van der Waals surface area contributed by atoms with E-state index in [0.29, 0.717) is 25.0 Å². The highest BCUT2D eigenvalue weighted by Crippen LogP contribution is 2.10. The molecule has 0 rings (SSSR count). The minimum absolute atomic E-state index is 0.0378. The quantitative estimate of drug-likeness (QED) is 0.378. The highest BCUT2D eigenvalue weighted by atomic mass is 16.5. The summed E-state index contributed by atoms with van der Waals surface area (Å²) in [6.45, 7) is 2.53. The third kappa shape index (κ3) is 18.9. The van der Waals surface area contributed by atoms with Gasteiger partial charge in [0.2, 0.25) is 5.91 Å². The zero-order chi connectivity index (χ0) is 18.8. The van der Waals surface area contributed by atoms with Gasteiger partial charge in [-0.2, -0.15) is 0 Å². The van der Waals surface area contributed by atoms with Gasteiger partial charge in [-0.15, -0.1) is 0 Å². The lowest BCUT2D eigenvalue weighted by Gasteiger charge is -2.05. The van der Waals surface area contributed by atoms with Crippen molar-refractivity contribution in [1.29, 1.82) is 0 Å². The largest absolute Gasteiger partial charge is 0.377 e. The van der Waals surface area contributed by atoms with Crippen LogP contribution in [0.3, 0.4) is 0 Å². The van der Waals surface area contributed by atoms with Gasteiger partial charge in [-0.1, -0.05) is 44.9 Å². The highest BCUT2D eigenvalue weighted by molar-refractivity contribution is 5.81. The first-order valence-electron chi connectivity index (χ1n) is 9.83. The molecule has 0 bridgehead atoms. The highest BCUT2D eigenvalue weighted by Gasteiger charge is 2.04. The molecule has 0 aliphatic carbocycles. The molecule has 5 heteroatoms. The molecular formula is C20H37NO4. The Bertz CT molecular complexity index is 369. The van der Waals surface area contributed by atoms with Crippen molar-refractivity contribution >= 4 is 17.5 Å². The first kappa shape index (κ1) is 23.8. The number of methoxy groups -OCH3 is 1. The Morgan fingerprint density at radius 2 is 1.28 bits per heavy atom. The molecular weight excluding hydrogens is 318 g/mol. The van der Waals surface area contributed by atoms with Crippen molar-refractivity contribution in [2.45, 2.75) is 90.4 Å². The van der Waals surface area contributed by atoms with Crippen LogP contribution in [0.1, 0.15) is 90.4 Å². The monoisotopic (exact) mass is 355 g/mol. The molecule has 0 saturated heterocycles. The van der Waals surface area contributed by atoms with Crippen molar-refractivity contribution in [3.8, 4) is 0 Å². The molecule has 0 spiro atoms. The van der Waals surface area contributed by atoms with E-state index in [1.807, 2.05) is 0 Å². The fraction of sp³-hybridized carbons (Fsp3) is 0.850. The average molecular weight is 356 g/mol. The lowest BCUT2D eigenvalue weighted by Crippen LogP contribution is -2.24. The van der Waals surface area contributed by atoms with Gasteiger partial charge in [0.15, 0.2) is 5.78 Å². The van der Waals surface area contributed by atoms with E-state index < -0.39 is 0 Å². The summed E-state index contributed by atoms with van der Waals surface area (Å²) >= 11 is 0. The predicted molar refractivity (Wildman–Crippen MR) is 101 cm³/mol. The van der Waals surface area contributed by atoms with Crippen LogP contribution in [0.5, 0.6) is 0 Å². The molecule has 0 aliphatic rings. The van der Waals surface area contributed by atoms with E-state index in [0.717, 1.165) is 32.2 Å². The number of ketones is 2. The first-order chi connectivity index (χ1) is 12.1. The molecule has 25 heavy (non-hydrogen) atoms. The number of hydrogen-bond acceptors (Lipinski definition) is 4. The van der Waals surface area contributed by atoms with Crippen molar-refractivity contribution in [3.63, 3.8) is 0 Å². The zero-order valence-corrected chi connectivity index (χ0v) is 16.2. The van der Waals surface area contributed by atoms with Gasteiger partial charge in [0, 0.05) is 32.9 Å². The van der Waals surface area contributed by atoms with Crippen LogP contribution in [0.2, 0.25) is 0 Å². The number of rotatable bonds is 18. The number of amides is 1.